The Labute approximate surface area is 169 Å². The van der Waals surface area contributed by atoms with Gasteiger partial charge in [-0.1, -0.05) is 54.6 Å². The van der Waals surface area contributed by atoms with Crippen molar-refractivity contribution >= 4 is 23.9 Å². The maximum absolute atomic E-state index is 13.0. The fourth-order valence-electron chi connectivity index (χ4n) is 2.84. The predicted molar refractivity (Wildman–Crippen MR) is 111 cm³/mol. The molecule has 3 aromatic carbocycles. The summed E-state index contributed by atoms with van der Waals surface area (Å²) in [5.41, 5.74) is 3.86. The quantitative estimate of drug-likeness (QED) is 0.493. The van der Waals surface area contributed by atoms with Gasteiger partial charge >= 0.3 is 5.97 Å². The third kappa shape index (κ3) is 4.96. The fraction of sp³-hybridized carbons (Fsp3) is 0.125. The summed E-state index contributed by atoms with van der Waals surface area (Å²) in [6, 6.07) is 20.6. The molecule has 146 valence electrons. The fourth-order valence-corrected chi connectivity index (χ4v) is 2.84. The Morgan fingerprint density at radius 2 is 1.62 bits per heavy atom. The molecule has 0 radical (unpaired) electrons. The Kier molecular flexibility index (Phi) is 6.19. The van der Waals surface area contributed by atoms with Crippen LogP contribution in [0.1, 0.15) is 43.5 Å². The molecule has 0 unspecified atom stereocenters. The van der Waals surface area contributed by atoms with Crippen molar-refractivity contribution in [2.75, 3.05) is 5.32 Å². The second-order valence-electron chi connectivity index (χ2n) is 6.74. The van der Waals surface area contributed by atoms with Gasteiger partial charge in [-0.2, -0.15) is 0 Å². The zero-order valence-corrected chi connectivity index (χ0v) is 16.2. The summed E-state index contributed by atoms with van der Waals surface area (Å²) in [6.45, 7) is 3.83. The molecule has 5 nitrogen and oxygen atoms in total. The van der Waals surface area contributed by atoms with E-state index < -0.39 is 18.0 Å². The number of hydrogen-bond donors (Lipinski definition) is 1. The van der Waals surface area contributed by atoms with E-state index in [1.807, 2.05) is 38.1 Å². The first-order valence-corrected chi connectivity index (χ1v) is 9.17. The molecule has 1 N–H and O–H groups in total. The van der Waals surface area contributed by atoms with Gasteiger partial charge in [-0.15, -0.1) is 0 Å². The average molecular weight is 387 g/mol. The summed E-state index contributed by atoms with van der Waals surface area (Å²) >= 11 is 0. The lowest BCUT2D eigenvalue weighted by molar-refractivity contribution is -0.125. The van der Waals surface area contributed by atoms with Crippen molar-refractivity contribution in [1.82, 2.24) is 0 Å². The molecule has 0 aliphatic carbocycles. The van der Waals surface area contributed by atoms with E-state index in [1.54, 1.807) is 24.3 Å². The molecule has 3 rings (SSSR count). The number of carbonyl (C=O) groups is 3. The van der Waals surface area contributed by atoms with Crippen LogP contribution in [0.2, 0.25) is 0 Å². The van der Waals surface area contributed by atoms with Crippen LogP contribution in [0.3, 0.4) is 0 Å². The summed E-state index contributed by atoms with van der Waals surface area (Å²) < 4.78 is 5.56. The number of hydrogen-bond acceptors (Lipinski definition) is 4. The van der Waals surface area contributed by atoms with E-state index in [2.05, 4.69) is 5.32 Å². The average Bonchev–Trinajstić information content (AvgIpc) is 2.75. The second kappa shape index (κ2) is 8.97. The van der Waals surface area contributed by atoms with Crippen LogP contribution in [0.25, 0.3) is 0 Å². The first kappa shape index (κ1) is 20.0. The first-order chi connectivity index (χ1) is 14.0. The molecular weight excluding hydrogens is 366 g/mol. The lowest BCUT2D eigenvalue weighted by Gasteiger charge is -2.19. The molecule has 0 spiro atoms. The van der Waals surface area contributed by atoms with Crippen molar-refractivity contribution in [3.63, 3.8) is 0 Å². The van der Waals surface area contributed by atoms with E-state index in [9.17, 15) is 14.4 Å². The standard InChI is InChI=1S/C24H21NO4/c1-16-8-9-17(2)21(14-16)25-23(27)22(19-6-4-3-5-7-19)29-24(28)20-12-10-18(15-26)11-13-20/h3-15,22H,1-2H3,(H,25,27)/t22-/m1/s1. The summed E-state index contributed by atoms with van der Waals surface area (Å²) in [7, 11) is 0. The minimum absolute atomic E-state index is 0.260. The van der Waals surface area contributed by atoms with E-state index in [1.165, 1.54) is 24.3 Å². The Bertz CT molecular complexity index is 1030. The molecule has 0 bridgehead atoms. The maximum Gasteiger partial charge on any atom is 0.339 e. The van der Waals surface area contributed by atoms with E-state index in [0.717, 1.165) is 11.1 Å². The van der Waals surface area contributed by atoms with E-state index in [0.29, 0.717) is 23.1 Å². The molecule has 5 heteroatoms. The number of aldehydes is 1. The highest BCUT2D eigenvalue weighted by Crippen LogP contribution is 2.24. The lowest BCUT2D eigenvalue weighted by Crippen LogP contribution is -2.26. The monoisotopic (exact) mass is 387 g/mol. The molecule has 0 fully saturated rings. The van der Waals surface area contributed by atoms with Crippen molar-refractivity contribution in [2.45, 2.75) is 20.0 Å². The topological polar surface area (TPSA) is 72.5 Å². The van der Waals surface area contributed by atoms with Crippen molar-refractivity contribution in [3.05, 3.63) is 101 Å². The van der Waals surface area contributed by atoms with Gasteiger partial charge in [0.1, 0.15) is 6.29 Å². The van der Waals surface area contributed by atoms with Gasteiger partial charge in [-0.25, -0.2) is 4.79 Å². The Hall–Kier alpha value is -3.73. The third-order valence-corrected chi connectivity index (χ3v) is 4.50. The number of aryl methyl sites for hydroxylation is 2. The minimum atomic E-state index is -1.12. The molecule has 0 saturated carbocycles. The SMILES string of the molecule is Cc1ccc(C)c(NC(=O)[C@H](OC(=O)c2ccc(C=O)cc2)c2ccccc2)c1. The highest BCUT2D eigenvalue weighted by Gasteiger charge is 2.26. The van der Waals surface area contributed by atoms with Gasteiger partial charge in [0.25, 0.3) is 5.91 Å². The van der Waals surface area contributed by atoms with Crippen LogP contribution >= 0.6 is 0 Å². The van der Waals surface area contributed by atoms with Crippen LogP contribution in [0.15, 0.2) is 72.8 Å². The number of esters is 1. The highest BCUT2D eigenvalue weighted by atomic mass is 16.5. The van der Waals surface area contributed by atoms with E-state index >= 15 is 0 Å². The molecular formula is C24H21NO4. The number of nitrogens with one attached hydrogen (secondary N) is 1. The van der Waals surface area contributed by atoms with Crippen LogP contribution in [-0.4, -0.2) is 18.2 Å². The van der Waals surface area contributed by atoms with Gasteiger partial charge in [-0.05, 0) is 43.2 Å². The largest absolute Gasteiger partial charge is 0.444 e. The van der Waals surface area contributed by atoms with Crippen LogP contribution in [0, 0.1) is 13.8 Å². The Balaban J connectivity index is 1.86. The number of carbonyl (C=O) groups excluding carboxylic acids is 3. The van der Waals surface area contributed by atoms with Gasteiger partial charge in [0.15, 0.2) is 0 Å². The lowest BCUT2D eigenvalue weighted by atomic mass is 10.1. The molecule has 1 atom stereocenters. The van der Waals surface area contributed by atoms with Crippen LogP contribution in [0.5, 0.6) is 0 Å². The molecule has 0 saturated heterocycles. The predicted octanol–water partition coefficient (Wildman–Crippen LogP) is 4.65. The third-order valence-electron chi connectivity index (χ3n) is 4.50. The van der Waals surface area contributed by atoms with Gasteiger partial charge in [0.05, 0.1) is 5.56 Å². The maximum atomic E-state index is 13.0. The van der Waals surface area contributed by atoms with Gasteiger partial charge in [0.2, 0.25) is 6.10 Å². The van der Waals surface area contributed by atoms with E-state index in [-0.39, 0.29) is 5.56 Å². The van der Waals surface area contributed by atoms with Gasteiger partial charge in [-0.3, -0.25) is 9.59 Å². The molecule has 29 heavy (non-hydrogen) atoms. The van der Waals surface area contributed by atoms with Crippen LogP contribution < -0.4 is 5.32 Å². The van der Waals surface area contributed by atoms with Crippen LogP contribution in [0.4, 0.5) is 5.69 Å². The summed E-state index contributed by atoms with van der Waals surface area (Å²) in [4.78, 5) is 36.4. The molecule has 0 aliphatic rings. The number of benzene rings is 3. The Morgan fingerprint density at radius 3 is 2.28 bits per heavy atom. The summed E-state index contributed by atoms with van der Waals surface area (Å²) in [6.07, 6.45) is -0.422. The number of ether oxygens (including phenoxy) is 1. The number of amides is 1. The highest BCUT2D eigenvalue weighted by molar-refractivity contribution is 5.98. The molecule has 0 heterocycles. The minimum Gasteiger partial charge on any atom is -0.444 e. The van der Waals surface area contributed by atoms with Crippen molar-refractivity contribution in [2.24, 2.45) is 0 Å². The van der Waals surface area contributed by atoms with E-state index in [4.69, 9.17) is 4.74 Å². The smallest absolute Gasteiger partial charge is 0.339 e. The second-order valence-corrected chi connectivity index (χ2v) is 6.74. The molecule has 3 aromatic rings. The van der Waals surface area contributed by atoms with Crippen molar-refractivity contribution in [1.29, 1.82) is 0 Å². The zero-order chi connectivity index (χ0) is 20.8. The van der Waals surface area contributed by atoms with Gasteiger partial charge in [0, 0.05) is 16.8 Å². The van der Waals surface area contributed by atoms with Crippen molar-refractivity contribution in [3.8, 4) is 0 Å². The number of anilines is 1. The molecule has 0 aliphatic heterocycles. The Morgan fingerprint density at radius 1 is 0.931 bits per heavy atom. The molecule has 0 aromatic heterocycles. The zero-order valence-electron chi connectivity index (χ0n) is 16.2. The first-order valence-electron chi connectivity index (χ1n) is 9.17. The van der Waals surface area contributed by atoms with Gasteiger partial charge < -0.3 is 10.1 Å². The summed E-state index contributed by atoms with van der Waals surface area (Å²) in [5, 5.41) is 2.86. The normalized spacial score (nSPS) is 11.4. The molecule has 1 amide bonds. The number of rotatable bonds is 6. The van der Waals surface area contributed by atoms with Crippen LogP contribution in [-0.2, 0) is 9.53 Å². The summed E-state index contributed by atoms with van der Waals surface area (Å²) in [5.74, 6) is -1.09. The van der Waals surface area contributed by atoms with Crippen molar-refractivity contribution < 1.29 is 19.1 Å².